The zero-order valence-corrected chi connectivity index (χ0v) is 12.4. The predicted molar refractivity (Wildman–Crippen MR) is 84.7 cm³/mol. The monoisotopic (exact) mass is 312 g/mol. The fourth-order valence-electron chi connectivity index (χ4n) is 2.03. The number of hydrogen-bond donors (Lipinski definition) is 0. The van der Waals surface area contributed by atoms with Crippen molar-refractivity contribution >= 4 is 17.7 Å². The summed E-state index contributed by atoms with van der Waals surface area (Å²) in [6.45, 7) is 0.214. The molecule has 2 aromatic carbocycles. The van der Waals surface area contributed by atoms with Gasteiger partial charge in [-0.25, -0.2) is 4.79 Å². The van der Waals surface area contributed by atoms with Crippen molar-refractivity contribution in [2.75, 3.05) is 0 Å². The molecule has 1 heterocycles. The maximum Gasteiger partial charge on any atom is 0.435 e. The van der Waals surface area contributed by atoms with E-state index in [-0.39, 0.29) is 6.61 Å². The van der Waals surface area contributed by atoms with Crippen molar-refractivity contribution in [3.8, 4) is 11.1 Å². The summed E-state index contributed by atoms with van der Waals surface area (Å²) in [5.41, 5.74) is 2.63. The molecule has 0 aliphatic rings. The molecule has 0 amide bonds. The quantitative estimate of drug-likeness (QED) is 0.720. The van der Waals surface area contributed by atoms with Gasteiger partial charge in [-0.3, -0.25) is 0 Å². The summed E-state index contributed by atoms with van der Waals surface area (Å²) in [7, 11) is 0. The van der Waals surface area contributed by atoms with Crippen molar-refractivity contribution in [1.82, 2.24) is 9.78 Å². The third-order valence-corrected chi connectivity index (χ3v) is 3.37. The van der Waals surface area contributed by atoms with Gasteiger partial charge < -0.3 is 4.74 Å². The second kappa shape index (κ2) is 6.45. The number of halogens is 1. The summed E-state index contributed by atoms with van der Waals surface area (Å²) in [4.78, 5) is 12.0. The van der Waals surface area contributed by atoms with Crippen LogP contribution < -0.4 is 0 Å². The van der Waals surface area contributed by atoms with Crippen LogP contribution in [0.25, 0.3) is 11.1 Å². The number of carbonyl (C=O) groups excluding carboxylic acids is 1. The average molecular weight is 313 g/mol. The lowest BCUT2D eigenvalue weighted by Crippen LogP contribution is -2.13. The molecule has 0 aliphatic carbocycles. The average Bonchev–Trinajstić information content (AvgIpc) is 3.04. The standard InChI is InChI=1S/C17H13ClN2O2/c18-16-8-4-7-14(9-16)15-10-19-20(11-15)17(21)22-12-13-5-2-1-3-6-13/h1-11H,12H2. The van der Waals surface area contributed by atoms with Crippen LogP contribution in [0.3, 0.4) is 0 Å². The Morgan fingerprint density at radius 1 is 1.09 bits per heavy atom. The van der Waals surface area contributed by atoms with E-state index in [1.807, 2.05) is 48.5 Å². The SMILES string of the molecule is O=C(OCc1ccccc1)n1cc(-c2cccc(Cl)c2)cn1. The molecule has 0 saturated heterocycles. The van der Waals surface area contributed by atoms with E-state index >= 15 is 0 Å². The lowest BCUT2D eigenvalue weighted by molar-refractivity contribution is 0.138. The van der Waals surface area contributed by atoms with E-state index in [0.29, 0.717) is 5.02 Å². The highest BCUT2D eigenvalue weighted by molar-refractivity contribution is 6.30. The van der Waals surface area contributed by atoms with Gasteiger partial charge in [0.1, 0.15) is 6.61 Å². The molecule has 0 bridgehead atoms. The van der Waals surface area contributed by atoms with E-state index < -0.39 is 6.09 Å². The zero-order valence-electron chi connectivity index (χ0n) is 11.6. The third-order valence-electron chi connectivity index (χ3n) is 3.13. The molecule has 0 unspecified atom stereocenters. The largest absolute Gasteiger partial charge is 0.443 e. The van der Waals surface area contributed by atoms with E-state index in [9.17, 15) is 4.79 Å². The van der Waals surface area contributed by atoms with Gasteiger partial charge in [-0.1, -0.05) is 54.1 Å². The summed E-state index contributed by atoms with van der Waals surface area (Å²) in [5.74, 6) is 0. The number of carbonyl (C=O) groups is 1. The number of hydrogen-bond acceptors (Lipinski definition) is 3. The number of rotatable bonds is 3. The summed E-state index contributed by atoms with van der Waals surface area (Å²) in [5, 5.41) is 4.67. The smallest absolute Gasteiger partial charge is 0.435 e. The Bertz CT molecular complexity index is 784. The molecule has 0 fully saturated rings. The van der Waals surface area contributed by atoms with Gasteiger partial charge >= 0.3 is 6.09 Å². The molecule has 0 N–H and O–H groups in total. The Hall–Kier alpha value is -2.59. The van der Waals surface area contributed by atoms with Crippen LogP contribution in [0.5, 0.6) is 0 Å². The first-order chi connectivity index (χ1) is 10.7. The summed E-state index contributed by atoms with van der Waals surface area (Å²) < 4.78 is 6.40. The minimum absolute atomic E-state index is 0.214. The number of ether oxygens (including phenoxy) is 1. The normalized spacial score (nSPS) is 10.4. The second-order valence-corrected chi connectivity index (χ2v) is 5.16. The van der Waals surface area contributed by atoms with E-state index in [0.717, 1.165) is 16.7 Å². The Morgan fingerprint density at radius 3 is 2.68 bits per heavy atom. The molecule has 3 aromatic rings. The van der Waals surface area contributed by atoms with Crippen LogP contribution in [0.15, 0.2) is 67.0 Å². The molecular formula is C17H13ClN2O2. The first-order valence-corrected chi connectivity index (χ1v) is 7.12. The summed E-state index contributed by atoms with van der Waals surface area (Å²) >= 11 is 5.96. The zero-order chi connectivity index (χ0) is 15.4. The lowest BCUT2D eigenvalue weighted by atomic mass is 10.1. The molecular weight excluding hydrogens is 300 g/mol. The Balaban J connectivity index is 1.69. The molecule has 22 heavy (non-hydrogen) atoms. The second-order valence-electron chi connectivity index (χ2n) is 4.72. The van der Waals surface area contributed by atoms with Gasteiger partial charge in [-0.05, 0) is 23.3 Å². The lowest BCUT2D eigenvalue weighted by Gasteiger charge is -2.04. The van der Waals surface area contributed by atoms with Gasteiger partial charge in [-0.15, -0.1) is 0 Å². The van der Waals surface area contributed by atoms with Gasteiger partial charge in [0, 0.05) is 16.8 Å². The number of benzene rings is 2. The number of aromatic nitrogens is 2. The molecule has 0 atom stereocenters. The molecule has 1 aromatic heterocycles. The van der Waals surface area contributed by atoms with Crippen LogP contribution in [0, 0.1) is 0 Å². The maximum atomic E-state index is 12.0. The molecule has 0 spiro atoms. The summed E-state index contributed by atoms with van der Waals surface area (Å²) in [6.07, 6.45) is 2.71. The van der Waals surface area contributed by atoms with Crippen molar-refractivity contribution < 1.29 is 9.53 Å². The van der Waals surface area contributed by atoms with Crippen LogP contribution in [-0.2, 0) is 11.3 Å². The fraction of sp³-hybridized carbons (Fsp3) is 0.0588. The molecule has 110 valence electrons. The van der Waals surface area contributed by atoms with Crippen molar-refractivity contribution in [1.29, 1.82) is 0 Å². The first-order valence-electron chi connectivity index (χ1n) is 6.74. The highest BCUT2D eigenvalue weighted by atomic mass is 35.5. The van der Waals surface area contributed by atoms with Crippen molar-refractivity contribution in [3.63, 3.8) is 0 Å². The minimum Gasteiger partial charge on any atom is -0.443 e. The van der Waals surface area contributed by atoms with Crippen LogP contribution >= 0.6 is 11.6 Å². The molecule has 5 heteroatoms. The van der Waals surface area contributed by atoms with E-state index in [1.54, 1.807) is 18.5 Å². The number of nitrogens with zero attached hydrogens (tertiary/aromatic N) is 2. The van der Waals surface area contributed by atoms with Crippen molar-refractivity contribution in [3.05, 3.63) is 77.6 Å². The van der Waals surface area contributed by atoms with Gasteiger partial charge in [0.25, 0.3) is 0 Å². The van der Waals surface area contributed by atoms with Gasteiger partial charge in [0.2, 0.25) is 0 Å². The van der Waals surface area contributed by atoms with Crippen LogP contribution in [0.4, 0.5) is 4.79 Å². The fourth-order valence-corrected chi connectivity index (χ4v) is 2.22. The third kappa shape index (κ3) is 3.35. The summed E-state index contributed by atoms with van der Waals surface area (Å²) in [6, 6.07) is 16.9. The Kier molecular flexibility index (Phi) is 4.21. The first kappa shape index (κ1) is 14.4. The highest BCUT2D eigenvalue weighted by Gasteiger charge is 2.10. The Morgan fingerprint density at radius 2 is 1.91 bits per heavy atom. The van der Waals surface area contributed by atoms with Crippen LogP contribution in [0.2, 0.25) is 5.02 Å². The van der Waals surface area contributed by atoms with Gasteiger partial charge in [-0.2, -0.15) is 9.78 Å². The van der Waals surface area contributed by atoms with E-state index in [2.05, 4.69) is 5.10 Å². The molecule has 0 saturated carbocycles. The minimum atomic E-state index is -0.517. The van der Waals surface area contributed by atoms with E-state index in [1.165, 1.54) is 4.68 Å². The molecule has 0 radical (unpaired) electrons. The van der Waals surface area contributed by atoms with Gasteiger partial charge in [0.05, 0.1) is 6.20 Å². The molecule has 0 aliphatic heterocycles. The maximum absolute atomic E-state index is 12.0. The topological polar surface area (TPSA) is 44.1 Å². The van der Waals surface area contributed by atoms with Crippen molar-refractivity contribution in [2.45, 2.75) is 6.61 Å². The molecule has 4 nitrogen and oxygen atoms in total. The van der Waals surface area contributed by atoms with Crippen LogP contribution in [0.1, 0.15) is 5.56 Å². The molecule has 3 rings (SSSR count). The highest BCUT2D eigenvalue weighted by Crippen LogP contribution is 2.22. The Labute approximate surface area is 132 Å². The van der Waals surface area contributed by atoms with Gasteiger partial charge in [0.15, 0.2) is 0 Å². The van der Waals surface area contributed by atoms with E-state index in [4.69, 9.17) is 16.3 Å². The van der Waals surface area contributed by atoms with Crippen molar-refractivity contribution in [2.24, 2.45) is 0 Å². The predicted octanol–water partition coefficient (Wildman–Crippen LogP) is 4.39. The van der Waals surface area contributed by atoms with Crippen LogP contribution in [-0.4, -0.2) is 15.9 Å².